The third kappa shape index (κ3) is 3.47. The number of nitrogens with zero attached hydrogens (tertiary/aromatic N) is 1. The van der Waals surface area contributed by atoms with Crippen molar-refractivity contribution in [3.8, 4) is 0 Å². The third-order valence-electron chi connectivity index (χ3n) is 3.19. The Kier molecular flexibility index (Phi) is 4.97. The Balaban J connectivity index is 2.28. The maximum absolute atomic E-state index is 12.5. The van der Waals surface area contributed by atoms with Gasteiger partial charge >= 0.3 is 0 Å². The molecule has 2 heterocycles. The van der Waals surface area contributed by atoms with Gasteiger partial charge in [0.05, 0.1) is 6.61 Å². The molecule has 20 heavy (non-hydrogen) atoms. The third-order valence-corrected chi connectivity index (χ3v) is 5.13. The van der Waals surface area contributed by atoms with E-state index in [2.05, 4.69) is 31.1 Å². The van der Waals surface area contributed by atoms with Crippen LogP contribution in [0.3, 0.4) is 0 Å². The zero-order valence-electron chi connectivity index (χ0n) is 11.0. The van der Waals surface area contributed by atoms with Crippen LogP contribution in [-0.4, -0.2) is 32.7 Å². The Bertz CT molecular complexity index is 581. The number of anilines is 1. The van der Waals surface area contributed by atoms with Gasteiger partial charge in [0.25, 0.3) is 0 Å². The van der Waals surface area contributed by atoms with Gasteiger partial charge in [-0.2, -0.15) is 0 Å². The lowest BCUT2D eigenvalue weighted by Crippen LogP contribution is -2.44. The maximum Gasteiger partial charge on any atom is 0.244 e. The van der Waals surface area contributed by atoms with Crippen LogP contribution in [0.2, 0.25) is 0 Å². The minimum atomic E-state index is -3.70. The van der Waals surface area contributed by atoms with Gasteiger partial charge in [-0.15, -0.1) is 0 Å². The molecular formula is C11H17BrN4O3S. The molecule has 0 spiro atoms. The number of nitrogens with two attached hydrogens (primary N) is 1. The fourth-order valence-electron chi connectivity index (χ4n) is 2.05. The second-order valence-corrected chi connectivity index (χ2v) is 7.31. The average Bonchev–Trinajstić information content (AvgIpc) is 2.41. The predicted octanol–water partition coefficient (Wildman–Crippen LogP) is 0.833. The van der Waals surface area contributed by atoms with Crippen LogP contribution in [0.25, 0.3) is 0 Å². The van der Waals surface area contributed by atoms with E-state index in [-0.39, 0.29) is 22.7 Å². The molecule has 0 aliphatic carbocycles. The van der Waals surface area contributed by atoms with E-state index in [4.69, 9.17) is 10.6 Å². The lowest BCUT2D eigenvalue weighted by atomic mass is 9.99. The van der Waals surface area contributed by atoms with E-state index >= 15 is 0 Å². The topological polar surface area (TPSA) is 106 Å². The minimum Gasteiger partial charge on any atom is -0.381 e. The van der Waals surface area contributed by atoms with Crippen molar-refractivity contribution in [1.29, 1.82) is 0 Å². The Labute approximate surface area is 126 Å². The van der Waals surface area contributed by atoms with Crippen LogP contribution in [0.1, 0.15) is 13.3 Å². The highest BCUT2D eigenvalue weighted by atomic mass is 79.9. The van der Waals surface area contributed by atoms with Gasteiger partial charge in [-0.1, -0.05) is 6.92 Å². The van der Waals surface area contributed by atoms with Gasteiger partial charge in [-0.3, -0.25) is 0 Å². The number of hydrazine groups is 1. The molecule has 1 aliphatic heterocycles. The molecule has 112 valence electrons. The average molecular weight is 365 g/mol. The van der Waals surface area contributed by atoms with Crippen molar-refractivity contribution in [2.45, 2.75) is 24.3 Å². The number of hydrogen-bond donors (Lipinski definition) is 3. The number of rotatable bonds is 4. The van der Waals surface area contributed by atoms with E-state index in [1.165, 1.54) is 12.3 Å². The van der Waals surface area contributed by atoms with Crippen molar-refractivity contribution in [2.75, 3.05) is 18.6 Å². The molecule has 1 aliphatic rings. The van der Waals surface area contributed by atoms with Crippen molar-refractivity contribution in [2.24, 2.45) is 11.8 Å². The monoisotopic (exact) mass is 364 g/mol. The summed E-state index contributed by atoms with van der Waals surface area (Å²) in [6, 6.07) is 1.31. The quantitative estimate of drug-likeness (QED) is 0.539. The summed E-state index contributed by atoms with van der Waals surface area (Å²) in [5.41, 5.74) is 2.30. The van der Waals surface area contributed by atoms with Crippen molar-refractivity contribution in [1.82, 2.24) is 9.71 Å². The number of ether oxygens (including phenoxy) is 1. The van der Waals surface area contributed by atoms with Gasteiger partial charge in [0.1, 0.15) is 4.90 Å². The summed E-state index contributed by atoms with van der Waals surface area (Å²) in [4.78, 5) is 3.97. The molecule has 0 saturated carbocycles. The zero-order chi connectivity index (χ0) is 14.8. The maximum atomic E-state index is 12.5. The first-order valence-corrected chi connectivity index (χ1v) is 8.44. The summed E-state index contributed by atoms with van der Waals surface area (Å²) in [5.74, 6) is 5.55. The molecule has 2 unspecified atom stereocenters. The standard InChI is InChI=1S/C11H17BrN4O3S/c1-7-6-19-3-2-9(7)16-20(17,18)10-4-8(12)5-14-11(10)15-13/h4-5,7,9,16H,2-3,6,13H2,1H3,(H,14,15). The van der Waals surface area contributed by atoms with Crippen LogP contribution in [0.15, 0.2) is 21.6 Å². The molecule has 0 bridgehead atoms. The summed E-state index contributed by atoms with van der Waals surface area (Å²) in [6.07, 6.45) is 2.12. The number of nitrogen functional groups attached to an aromatic ring is 1. The van der Waals surface area contributed by atoms with Gasteiger partial charge in [0, 0.05) is 23.3 Å². The highest BCUT2D eigenvalue weighted by Crippen LogP contribution is 2.24. The van der Waals surface area contributed by atoms with Crippen LogP contribution in [0, 0.1) is 5.92 Å². The number of sulfonamides is 1. The Morgan fingerprint density at radius 2 is 2.30 bits per heavy atom. The van der Waals surface area contributed by atoms with Crippen LogP contribution in [0.4, 0.5) is 5.82 Å². The molecule has 0 amide bonds. The van der Waals surface area contributed by atoms with Crippen molar-refractivity contribution in [3.63, 3.8) is 0 Å². The number of pyridine rings is 1. The molecule has 7 nitrogen and oxygen atoms in total. The summed E-state index contributed by atoms with van der Waals surface area (Å²) in [6.45, 7) is 3.05. The molecule has 1 fully saturated rings. The lowest BCUT2D eigenvalue weighted by Gasteiger charge is -2.29. The second-order valence-electron chi connectivity index (χ2n) is 4.71. The first-order chi connectivity index (χ1) is 9.44. The van der Waals surface area contributed by atoms with Gasteiger partial charge in [-0.25, -0.2) is 24.0 Å². The SMILES string of the molecule is CC1COCCC1NS(=O)(=O)c1cc(Br)cnc1NN. The minimum absolute atomic E-state index is 0.0214. The fourth-order valence-corrected chi connectivity index (χ4v) is 4.06. The summed E-state index contributed by atoms with van der Waals surface area (Å²) >= 11 is 3.21. The van der Waals surface area contributed by atoms with E-state index in [1.807, 2.05) is 6.92 Å². The Hall–Kier alpha value is -0.740. The summed E-state index contributed by atoms with van der Waals surface area (Å²) < 4.78 is 33.5. The second kappa shape index (κ2) is 6.35. The lowest BCUT2D eigenvalue weighted by molar-refractivity contribution is 0.0450. The van der Waals surface area contributed by atoms with Crippen LogP contribution in [0.5, 0.6) is 0 Å². The molecule has 2 atom stereocenters. The van der Waals surface area contributed by atoms with Crippen molar-refractivity contribution >= 4 is 31.8 Å². The molecule has 0 radical (unpaired) electrons. The van der Waals surface area contributed by atoms with Crippen LogP contribution >= 0.6 is 15.9 Å². The van der Waals surface area contributed by atoms with Gasteiger partial charge in [-0.05, 0) is 34.3 Å². The van der Waals surface area contributed by atoms with Gasteiger partial charge in [0.15, 0.2) is 5.82 Å². The van der Waals surface area contributed by atoms with Crippen LogP contribution in [-0.2, 0) is 14.8 Å². The Morgan fingerprint density at radius 1 is 1.55 bits per heavy atom. The predicted molar refractivity (Wildman–Crippen MR) is 78.5 cm³/mol. The van der Waals surface area contributed by atoms with E-state index in [0.717, 1.165) is 0 Å². The first kappa shape index (κ1) is 15.6. The van der Waals surface area contributed by atoms with Gasteiger partial charge in [0.2, 0.25) is 10.0 Å². The normalized spacial score (nSPS) is 23.6. The van der Waals surface area contributed by atoms with E-state index in [9.17, 15) is 8.42 Å². The van der Waals surface area contributed by atoms with Crippen LogP contribution < -0.4 is 16.0 Å². The Morgan fingerprint density at radius 3 is 2.95 bits per heavy atom. The number of halogens is 1. The van der Waals surface area contributed by atoms with E-state index in [0.29, 0.717) is 24.1 Å². The zero-order valence-corrected chi connectivity index (χ0v) is 13.4. The number of aromatic nitrogens is 1. The largest absolute Gasteiger partial charge is 0.381 e. The first-order valence-electron chi connectivity index (χ1n) is 6.16. The summed E-state index contributed by atoms with van der Waals surface area (Å²) in [5, 5.41) is 0. The molecule has 1 aromatic heterocycles. The highest BCUT2D eigenvalue weighted by Gasteiger charge is 2.29. The highest BCUT2D eigenvalue weighted by molar-refractivity contribution is 9.10. The van der Waals surface area contributed by atoms with E-state index in [1.54, 1.807) is 0 Å². The smallest absolute Gasteiger partial charge is 0.244 e. The number of nitrogens with one attached hydrogen (secondary N) is 2. The molecule has 4 N–H and O–H groups in total. The van der Waals surface area contributed by atoms with Crippen molar-refractivity contribution in [3.05, 3.63) is 16.7 Å². The summed E-state index contributed by atoms with van der Waals surface area (Å²) in [7, 11) is -3.70. The molecule has 1 aromatic rings. The molecular weight excluding hydrogens is 348 g/mol. The molecule has 0 aromatic carbocycles. The van der Waals surface area contributed by atoms with E-state index < -0.39 is 10.0 Å². The number of hydrogen-bond acceptors (Lipinski definition) is 6. The molecule has 2 rings (SSSR count). The fraction of sp³-hybridized carbons (Fsp3) is 0.545. The van der Waals surface area contributed by atoms with Crippen molar-refractivity contribution < 1.29 is 13.2 Å². The van der Waals surface area contributed by atoms with Gasteiger partial charge < -0.3 is 10.2 Å². The molecule has 9 heteroatoms. The molecule has 1 saturated heterocycles.